The first kappa shape index (κ1) is 20.2. The summed E-state index contributed by atoms with van der Waals surface area (Å²) in [6, 6.07) is 3.82. The van der Waals surface area contributed by atoms with Gasteiger partial charge in [0.05, 0.1) is 25.4 Å². The SMILES string of the molecule is Nc1ncc(-c2ccc([C@H]3CN(C(=O)CN4CCCCCC4=O)CCO3)nc2)cn1. The van der Waals surface area contributed by atoms with Crippen molar-refractivity contribution < 1.29 is 14.3 Å². The van der Waals surface area contributed by atoms with Crippen LogP contribution in [-0.4, -0.2) is 69.4 Å². The number of amides is 2. The van der Waals surface area contributed by atoms with Crippen molar-refractivity contribution in [3.8, 4) is 11.1 Å². The fraction of sp³-hybridized carbons (Fsp3) is 0.476. The van der Waals surface area contributed by atoms with Crippen LogP contribution in [0.4, 0.5) is 5.95 Å². The number of hydrogen-bond acceptors (Lipinski definition) is 7. The lowest BCUT2D eigenvalue weighted by Crippen LogP contribution is -2.47. The van der Waals surface area contributed by atoms with Gasteiger partial charge in [-0.2, -0.15) is 0 Å². The first-order chi connectivity index (χ1) is 14.6. The molecule has 0 saturated carbocycles. The van der Waals surface area contributed by atoms with E-state index in [1.807, 2.05) is 12.1 Å². The highest BCUT2D eigenvalue weighted by Crippen LogP contribution is 2.24. The Morgan fingerprint density at radius 3 is 2.63 bits per heavy atom. The summed E-state index contributed by atoms with van der Waals surface area (Å²) in [4.78, 5) is 41.0. The minimum absolute atomic E-state index is 0.0332. The predicted molar refractivity (Wildman–Crippen MR) is 110 cm³/mol. The van der Waals surface area contributed by atoms with E-state index in [0.29, 0.717) is 32.7 Å². The highest BCUT2D eigenvalue weighted by Gasteiger charge is 2.28. The van der Waals surface area contributed by atoms with E-state index >= 15 is 0 Å². The predicted octanol–water partition coefficient (Wildman–Crippen LogP) is 1.42. The molecule has 158 valence electrons. The van der Waals surface area contributed by atoms with Crippen LogP contribution in [0.1, 0.15) is 37.5 Å². The topological polar surface area (TPSA) is 115 Å². The van der Waals surface area contributed by atoms with Crippen molar-refractivity contribution in [1.82, 2.24) is 24.8 Å². The van der Waals surface area contributed by atoms with Crippen molar-refractivity contribution in [2.24, 2.45) is 0 Å². The van der Waals surface area contributed by atoms with Crippen molar-refractivity contribution in [2.45, 2.75) is 31.8 Å². The maximum atomic E-state index is 12.8. The number of aromatic nitrogens is 3. The van der Waals surface area contributed by atoms with E-state index < -0.39 is 0 Å². The van der Waals surface area contributed by atoms with E-state index in [9.17, 15) is 9.59 Å². The Kier molecular flexibility index (Phi) is 6.18. The number of morpholine rings is 1. The molecule has 4 heterocycles. The second kappa shape index (κ2) is 9.17. The number of hydrogen-bond donors (Lipinski definition) is 1. The average molecular weight is 410 g/mol. The molecule has 0 radical (unpaired) electrons. The zero-order chi connectivity index (χ0) is 20.9. The Morgan fingerprint density at radius 1 is 1.07 bits per heavy atom. The lowest BCUT2D eigenvalue weighted by atomic mass is 10.1. The minimum atomic E-state index is -0.292. The van der Waals surface area contributed by atoms with E-state index in [1.54, 1.807) is 28.4 Å². The molecule has 2 N–H and O–H groups in total. The number of nitrogens with zero attached hydrogens (tertiary/aromatic N) is 5. The molecule has 0 spiro atoms. The van der Waals surface area contributed by atoms with Gasteiger partial charge in [0.15, 0.2) is 0 Å². The Labute approximate surface area is 175 Å². The van der Waals surface area contributed by atoms with Gasteiger partial charge in [0.1, 0.15) is 6.10 Å². The minimum Gasteiger partial charge on any atom is -0.368 e. The van der Waals surface area contributed by atoms with Crippen LogP contribution in [0.25, 0.3) is 11.1 Å². The highest BCUT2D eigenvalue weighted by molar-refractivity contribution is 5.85. The largest absolute Gasteiger partial charge is 0.368 e. The number of nitrogen functional groups attached to an aromatic ring is 1. The van der Waals surface area contributed by atoms with Crippen molar-refractivity contribution in [1.29, 1.82) is 0 Å². The van der Waals surface area contributed by atoms with Crippen molar-refractivity contribution in [3.05, 3.63) is 36.4 Å². The smallest absolute Gasteiger partial charge is 0.242 e. The maximum Gasteiger partial charge on any atom is 0.242 e. The molecule has 2 fully saturated rings. The molecule has 30 heavy (non-hydrogen) atoms. The standard InChI is InChI=1S/C21H26N6O3/c22-21-24-11-16(12-25-21)15-5-6-17(23-10-15)18-13-27(8-9-30-18)20(29)14-26-7-3-1-2-4-19(26)28/h5-6,10-12,18H,1-4,7-9,13-14H2,(H2,22,24,25)/t18-/m1/s1. The van der Waals surface area contributed by atoms with E-state index in [0.717, 1.165) is 36.1 Å². The first-order valence-electron chi connectivity index (χ1n) is 10.3. The third-order valence-corrected chi connectivity index (χ3v) is 5.54. The number of carbonyl (C=O) groups is 2. The van der Waals surface area contributed by atoms with Crippen LogP contribution in [0.5, 0.6) is 0 Å². The second-order valence-corrected chi connectivity index (χ2v) is 7.63. The van der Waals surface area contributed by atoms with Crippen LogP contribution in [0, 0.1) is 0 Å². The van der Waals surface area contributed by atoms with Gasteiger partial charge >= 0.3 is 0 Å². The van der Waals surface area contributed by atoms with Crippen LogP contribution in [0.2, 0.25) is 0 Å². The monoisotopic (exact) mass is 410 g/mol. The van der Waals surface area contributed by atoms with Crippen molar-refractivity contribution in [2.75, 3.05) is 38.5 Å². The fourth-order valence-electron chi connectivity index (χ4n) is 3.78. The summed E-state index contributed by atoms with van der Waals surface area (Å²) < 4.78 is 5.86. The van der Waals surface area contributed by atoms with Crippen LogP contribution < -0.4 is 5.73 Å². The molecule has 2 aromatic rings. The molecule has 2 aromatic heterocycles. The van der Waals surface area contributed by atoms with Gasteiger partial charge in [-0.1, -0.05) is 12.5 Å². The molecule has 2 aliphatic heterocycles. The van der Waals surface area contributed by atoms with E-state index in [2.05, 4.69) is 15.0 Å². The van der Waals surface area contributed by atoms with Gasteiger partial charge in [-0.25, -0.2) is 9.97 Å². The molecule has 0 bridgehead atoms. The second-order valence-electron chi connectivity index (χ2n) is 7.63. The van der Waals surface area contributed by atoms with E-state index in [-0.39, 0.29) is 30.4 Å². The van der Waals surface area contributed by atoms with E-state index in [1.165, 1.54) is 0 Å². The number of rotatable bonds is 4. The number of anilines is 1. The number of pyridine rings is 1. The lowest BCUT2D eigenvalue weighted by Gasteiger charge is -2.34. The van der Waals surface area contributed by atoms with Gasteiger partial charge in [-0.05, 0) is 18.9 Å². The third-order valence-electron chi connectivity index (χ3n) is 5.54. The van der Waals surface area contributed by atoms with Crippen LogP contribution in [0.3, 0.4) is 0 Å². The van der Waals surface area contributed by atoms with Crippen LogP contribution >= 0.6 is 0 Å². The summed E-state index contributed by atoms with van der Waals surface area (Å²) in [6.07, 6.45) is 8.20. The lowest BCUT2D eigenvalue weighted by molar-refractivity contribution is -0.145. The molecule has 2 amide bonds. The number of ether oxygens (including phenoxy) is 1. The Hall–Kier alpha value is -3.07. The van der Waals surface area contributed by atoms with Crippen LogP contribution in [0.15, 0.2) is 30.7 Å². The summed E-state index contributed by atoms with van der Waals surface area (Å²) in [5.74, 6) is 0.273. The number of nitrogens with two attached hydrogens (primary N) is 1. The molecular formula is C21H26N6O3. The molecule has 4 rings (SSSR count). The molecule has 2 aliphatic rings. The van der Waals surface area contributed by atoms with Gasteiger partial charge < -0.3 is 20.3 Å². The summed E-state index contributed by atoms with van der Waals surface area (Å²) in [6.45, 7) is 2.21. The van der Waals surface area contributed by atoms with Gasteiger partial charge in [0.2, 0.25) is 17.8 Å². The van der Waals surface area contributed by atoms with Gasteiger partial charge in [0, 0.05) is 49.2 Å². The van der Waals surface area contributed by atoms with Gasteiger partial charge in [-0.15, -0.1) is 0 Å². The number of carbonyl (C=O) groups excluding carboxylic acids is 2. The van der Waals surface area contributed by atoms with Crippen molar-refractivity contribution in [3.63, 3.8) is 0 Å². The van der Waals surface area contributed by atoms with Crippen LogP contribution in [-0.2, 0) is 14.3 Å². The zero-order valence-electron chi connectivity index (χ0n) is 16.9. The van der Waals surface area contributed by atoms with E-state index in [4.69, 9.17) is 10.5 Å². The number of likely N-dealkylation sites (tertiary alicyclic amines) is 1. The zero-order valence-corrected chi connectivity index (χ0v) is 16.9. The maximum absolute atomic E-state index is 12.8. The summed E-state index contributed by atoms with van der Waals surface area (Å²) in [5, 5.41) is 0. The molecule has 9 nitrogen and oxygen atoms in total. The Morgan fingerprint density at radius 2 is 1.87 bits per heavy atom. The summed E-state index contributed by atoms with van der Waals surface area (Å²) >= 11 is 0. The molecule has 2 saturated heterocycles. The quantitative estimate of drug-likeness (QED) is 0.811. The van der Waals surface area contributed by atoms with Gasteiger partial charge in [0.25, 0.3) is 0 Å². The molecule has 0 aromatic carbocycles. The van der Waals surface area contributed by atoms with Gasteiger partial charge in [-0.3, -0.25) is 14.6 Å². The highest BCUT2D eigenvalue weighted by atomic mass is 16.5. The molecule has 1 atom stereocenters. The normalized spacial score (nSPS) is 20.1. The Bertz CT molecular complexity index is 887. The molecule has 0 unspecified atom stereocenters. The Balaban J connectivity index is 1.39. The summed E-state index contributed by atoms with van der Waals surface area (Å²) in [5.41, 5.74) is 8.00. The third kappa shape index (κ3) is 4.73. The molecular weight excluding hydrogens is 384 g/mol. The first-order valence-corrected chi connectivity index (χ1v) is 10.3. The fourth-order valence-corrected chi connectivity index (χ4v) is 3.78. The van der Waals surface area contributed by atoms with Crippen molar-refractivity contribution >= 4 is 17.8 Å². The molecule has 0 aliphatic carbocycles. The summed E-state index contributed by atoms with van der Waals surface area (Å²) in [7, 11) is 0. The molecule has 9 heteroatoms. The average Bonchev–Trinajstić information content (AvgIpc) is 2.98.